The third-order valence-electron chi connectivity index (χ3n) is 3.59. The summed E-state index contributed by atoms with van der Waals surface area (Å²) in [5.74, 6) is -0.272. The van der Waals surface area contributed by atoms with Crippen molar-refractivity contribution in [2.45, 2.75) is 11.8 Å². The van der Waals surface area contributed by atoms with E-state index in [0.29, 0.717) is 15.6 Å². The molecule has 8 heteroatoms. The van der Waals surface area contributed by atoms with Crippen molar-refractivity contribution in [3.8, 4) is 0 Å². The van der Waals surface area contributed by atoms with Crippen molar-refractivity contribution < 1.29 is 13.2 Å². The summed E-state index contributed by atoms with van der Waals surface area (Å²) in [7, 11) is -3.84. The van der Waals surface area contributed by atoms with Gasteiger partial charge in [0.2, 0.25) is 0 Å². The lowest BCUT2D eigenvalue weighted by molar-refractivity contribution is 0.103. The van der Waals surface area contributed by atoms with Crippen molar-refractivity contribution in [3.63, 3.8) is 0 Å². The van der Waals surface area contributed by atoms with Gasteiger partial charge in [0.05, 0.1) is 20.5 Å². The third kappa shape index (κ3) is 4.07. The second-order valence-corrected chi connectivity index (χ2v) is 8.51. The van der Waals surface area contributed by atoms with E-state index in [1.54, 1.807) is 36.4 Å². The van der Waals surface area contributed by atoms with Gasteiger partial charge in [0.1, 0.15) is 0 Å². The van der Waals surface area contributed by atoms with E-state index < -0.39 is 10.0 Å². The summed E-state index contributed by atoms with van der Waals surface area (Å²) in [4.78, 5) is 12.9. The van der Waals surface area contributed by atoms with Crippen molar-refractivity contribution in [1.29, 1.82) is 0 Å². The van der Waals surface area contributed by atoms with Gasteiger partial charge < -0.3 is 5.32 Å². The molecule has 0 radical (unpaired) electrons. The Bertz CT molecular complexity index is 1060. The van der Waals surface area contributed by atoms with Gasteiger partial charge in [-0.3, -0.25) is 9.52 Å². The number of amides is 1. The Morgan fingerprint density at radius 3 is 2.54 bits per heavy atom. The van der Waals surface area contributed by atoms with E-state index >= 15 is 0 Å². The summed E-state index contributed by atoms with van der Waals surface area (Å²) in [6.07, 6.45) is 0. The van der Waals surface area contributed by atoms with E-state index in [0.717, 1.165) is 5.56 Å². The minimum atomic E-state index is -3.84. The third-order valence-corrected chi connectivity index (χ3v) is 6.30. The molecule has 0 bridgehead atoms. The average Bonchev–Trinajstić information content (AvgIpc) is 3.03. The number of hydrogen-bond donors (Lipinski definition) is 2. The summed E-state index contributed by atoms with van der Waals surface area (Å²) in [5, 5.41) is 4.86. The minimum Gasteiger partial charge on any atom is -0.321 e. The quantitative estimate of drug-likeness (QED) is 0.641. The molecular formula is C18H15ClN2O3S2. The first-order chi connectivity index (χ1) is 12.4. The van der Waals surface area contributed by atoms with Crippen LogP contribution in [-0.2, 0) is 10.0 Å². The molecule has 0 aliphatic carbocycles. The standard InChI is InChI=1S/C18H15ClN2O3S2/c1-12-9-10-25-17(12)18(22)20-13-5-4-6-14(11-13)26(23,24)21-16-8-3-2-7-15(16)19/h2-11,21H,1H3,(H,20,22). The van der Waals surface area contributed by atoms with Crippen LogP contribution in [0.1, 0.15) is 15.2 Å². The van der Waals surface area contributed by atoms with Crippen molar-refractivity contribution in [2.24, 2.45) is 0 Å². The highest BCUT2D eigenvalue weighted by molar-refractivity contribution is 7.92. The smallest absolute Gasteiger partial charge is 0.265 e. The number of aryl methyl sites for hydroxylation is 1. The van der Waals surface area contributed by atoms with E-state index in [4.69, 9.17) is 11.6 Å². The highest BCUT2D eigenvalue weighted by Gasteiger charge is 2.17. The molecule has 0 saturated heterocycles. The van der Waals surface area contributed by atoms with Gasteiger partial charge >= 0.3 is 0 Å². The van der Waals surface area contributed by atoms with Crippen LogP contribution in [0.2, 0.25) is 5.02 Å². The number of para-hydroxylation sites is 1. The number of nitrogens with one attached hydrogen (secondary N) is 2. The van der Waals surface area contributed by atoms with E-state index in [1.165, 1.54) is 23.5 Å². The minimum absolute atomic E-state index is 0.0260. The van der Waals surface area contributed by atoms with Gasteiger partial charge in [-0.05, 0) is 54.3 Å². The van der Waals surface area contributed by atoms with Gasteiger partial charge in [0, 0.05) is 5.69 Å². The van der Waals surface area contributed by atoms with Gasteiger partial charge in [-0.2, -0.15) is 0 Å². The van der Waals surface area contributed by atoms with Gasteiger partial charge in [-0.25, -0.2) is 8.42 Å². The second-order valence-electron chi connectivity index (χ2n) is 5.50. The molecule has 0 atom stereocenters. The molecule has 3 rings (SSSR count). The predicted octanol–water partition coefficient (Wildman–Crippen LogP) is 4.76. The highest BCUT2D eigenvalue weighted by Crippen LogP contribution is 2.25. The largest absolute Gasteiger partial charge is 0.321 e. The second kappa shape index (κ2) is 7.49. The number of anilines is 2. The number of hydrogen-bond acceptors (Lipinski definition) is 4. The molecule has 0 unspecified atom stereocenters. The SMILES string of the molecule is Cc1ccsc1C(=O)Nc1cccc(S(=O)(=O)Nc2ccccc2Cl)c1. The Morgan fingerprint density at radius 1 is 1.08 bits per heavy atom. The lowest BCUT2D eigenvalue weighted by atomic mass is 10.2. The summed E-state index contributed by atoms with van der Waals surface area (Å²) in [5.41, 5.74) is 1.55. The molecule has 1 aromatic heterocycles. The van der Waals surface area contributed by atoms with Crippen LogP contribution in [0.4, 0.5) is 11.4 Å². The first kappa shape index (κ1) is 18.4. The van der Waals surface area contributed by atoms with Gasteiger partial charge in [0.25, 0.3) is 15.9 Å². The van der Waals surface area contributed by atoms with Crippen LogP contribution in [0.5, 0.6) is 0 Å². The monoisotopic (exact) mass is 406 g/mol. The maximum Gasteiger partial charge on any atom is 0.265 e. The number of benzene rings is 2. The van der Waals surface area contributed by atoms with E-state index in [9.17, 15) is 13.2 Å². The Hall–Kier alpha value is -2.35. The maximum atomic E-state index is 12.6. The molecule has 0 aliphatic rings. The highest BCUT2D eigenvalue weighted by atomic mass is 35.5. The molecule has 0 saturated carbocycles. The first-order valence-electron chi connectivity index (χ1n) is 7.60. The molecule has 26 heavy (non-hydrogen) atoms. The van der Waals surface area contributed by atoms with E-state index in [2.05, 4.69) is 10.0 Å². The number of halogens is 1. The number of rotatable bonds is 5. The molecule has 0 spiro atoms. The van der Waals surface area contributed by atoms with Crippen LogP contribution < -0.4 is 10.0 Å². The molecule has 3 aromatic rings. The summed E-state index contributed by atoms with van der Waals surface area (Å²) < 4.78 is 27.6. The lowest BCUT2D eigenvalue weighted by Crippen LogP contribution is -2.15. The Morgan fingerprint density at radius 2 is 1.85 bits per heavy atom. The zero-order valence-electron chi connectivity index (χ0n) is 13.7. The zero-order valence-corrected chi connectivity index (χ0v) is 16.1. The van der Waals surface area contributed by atoms with Crippen LogP contribution in [0.15, 0.2) is 64.9 Å². The average molecular weight is 407 g/mol. The van der Waals surface area contributed by atoms with Crippen molar-refractivity contribution in [3.05, 3.63) is 75.4 Å². The lowest BCUT2D eigenvalue weighted by Gasteiger charge is -2.11. The molecule has 0 aliphatic heterocycles. The molecule has 2 N–H and O–H groups in total. The van der Waals surface area contributed by atoms with Gasteiger partial charge in [-0.1, -0.05) is 29.8 Å². The van der Waals surface area contributed by atoms with Crippen molar-refractivity contribution in [2.75, 3.05) is 10.0 Å². The number of sulfonamides is 1. The zero-order chi connectivity index (χ0) is 18.7. The predicted molar refractivity (Wildman–Crippen MR) is 106 cm³/mol. The van der Waals surface area contributed by atoms with Crippen molar-refractivity contribution in [1.82, 2.24) is 0 Å². The molecule has 0 fully saturated rings. The fourth-order valence-electron chi connectivity index (χ4n) is 2.28. The van der Waals surface area contributed by atoms with Crippen molar-refractivity contribution >= 4 is 50.2 Å². The van der Waals surface area contributed by atoms with Crippen LogP contribution in [-0.4, -0.2) is 14.3 Å². The van der Waals surface area contributed by atoms with Gasteiger partial charge in [0.15, 0.2) is 0 Å². The molecule has 1 heterocycles. The fourth-order valence-corrected chi connectivity index (χ4v) is 4.47. The van der Waals surface area contributed by atoms with E-state index in [-0.39, 0.29) is 16.5 Å². The fraction of sp³-hybridized carbons (Fsp3) is 0.0556. The number of thiophene rings is 1. The molecule has 134 valence electrons. The summed E-state index contributed by atoms with van der Waals surface area (Å²) >= 11 is 7.34. The molecular weight excluding hydrogens is 392 g/mol. The molecule has 2 aromatic carbocycles. The van der Waals surface area contributed by atoms with Crippen LogP contribution in [0.3, 0.4) is 0 Å². The van der Waals surface area contributed by atoms with Crippen LogP contribution in [0.25, 0.3) is 0 Å². The summed E-state index contributed by atoms with van der Waals surface area (Å²) in [6.45, 7) is 1.85. The topological polar surface area (TPSA) is 75.3 Å². The number of carbonyl (C=O) groups excluding carboxylic acids is 1. The molecule has 1 amide bonds. The molecule has 5 nitrogen and oxygen atoms in total. The van der Waals surface area contributed by atoms with E-state index in [1.807, 2.05) is 18.4 Å². The maximum absolute atomic E-state index is 12.6. The normalized spacial score (nSPS) is 11.2. The number of carbonyl (C=O) groups is 1. The Kier molecular flexibility index (Phi) is 5.31. The Labute approximate surface area is 160 Å². The van der Waals surface area contributed by atoms with Crippen LogP contribution in [0, 0.1) is 6.92 Å². The van der Waals surface area contributed by atoms with Crippen LogP contribution >= 0.6 is 22.9 Å². The Balaban J connectivity index is 1.83. The van der Waals surface area contributed by atoms with Gasteiger partial charge in [-0.15, -0.1) is 11.3 Å². The summed E-state index contributed by atoms with van der Waals surface area (Å²) in [6, 6.07) is 14.5. The first-order valence-corrected chi connectivity index (χ1v) is 10.3.